The van der Waals surface area contributed by atoms with Gasteiger partial charge in [-0.1, -0.05) is 0 Å². The second-order valence-corrected chi connectivity index (χ2v) is 4.35. The zero-order valence-corrected chi connectivity index (χ0v) is 10.0. The molecule has 2 rings (SSSR count). The molecule has 5 nitrogen and oxygen atoms in total. The van der Waals surface area contributed by atoms with Crippen molar-refractivity contribution in [3.05, 3.63) is 24.0 Å². The van der Waals surface area contributed by atoms with Gasteiger partial charge in [0, 0.05) is 19.1 Å². The van der Waals surface area contributed by atoms with Gasteiger partial charge in [-0.25, -0.2) is 0 Å². The maximum Gasteiger partial charge on any atom is 0.0980 e. The van der Waals surface area contributed by atoms with Crippen molar-refractivity contribution in [2.75, 3.05) is 31.2 Å². The Kier molecular flexibility index (Phi) is 3.93. The van der Waals surface area contributed by atoms with Crippen LogP contribution in [0.5, 0.6) is 0 Å². The van der Waals surface area contributed by atoms with Crippen molar-refractivity contribution in [2.24, 2.45) is 5.73 Å². The summed E-state index contributed by atoms with van der Waals surface area (Å²) in [6.45, 7) is 4.14. The molecule has 94 valence electrons. The molecule has 0 amide bonds. The van der Waals surface area contributed by atoms with Crippen molar-refractivity contribution in [1.29, 1.82) is 0 Å². The zero-order chi connectivity index (χ0) is 12.3. The molecule has 1 fully saturated rings. The van der Waals surface area contributed by atoms with Crippen molar-refractivity contribution in [1.82, 2.24) is 4.98 Å². The molecule has 5 heteroatoms. The lowest BCUT2D eigenvalue weighted by molar-refractivity contribution is 0.00355. The predicted octanol–water partition coefficient (Wildman–Crippen LogP) is 0.299. The fourth-order valence-electron chi connectivity index (χ4n) is 1.92. The van der Waals surface area contributed by atoms with Crippen molar-refractivity contribution in [3.63, 3.8) is 0 Å². The number of nitrogens with two attached hydrogens (primary N) is 1. The molecular weight excluding hydrogens is 218 g/mol. The highest BCUT2D eigenvalue weighted by Crippen LogP contribution is 2.18. The molecule has 1 aromatic heterocycles. The average molecular weight is 237 g/mol. The van der Waals surface area contributed by atoms with Crippen LogP contribution < -0.4 is 10.6 Å². The van der Waals surface area contributed by atoms with Gasteiger partial charge in [0.25, 0.3) is 0 Å². The van der Waals surface area contributed by atoms with Crippen LogP contribution >= 0.6 is 0 Å². The Morgan fingerprint density at radius 1 is 1.65 bits per heavy atom. The number of aromatic nitrogens is 1. The predicted molar refractivity (Wildman–Crippen MR) is 65.9 cm³/mol. The van der Waals surface area contributed by atoms with Crippen LogP contribution in [0.4, 0.5) is 5.69 Å². The highest BCUT2D eigenvalue weighted by Gasteiger charge is 2.20. The molecule has 2 atom stereocenters. The Hall–Kier alpha value is -1.17. The fourth-order valence-corrected chi connectivity index (χ4v) is 1.92. The van der Waals surface area contributed by atoms with Gasteiger partial charge in [-0.15, -0.1) is 0 Å². The van der Waals surface area contributed by atoms with Gasteiger partial charge < -0.3 is 20.5 Å². The Morgan fingerprint density at radius 3 is 3.06 bits per heavy atom. The lowest BCUT2D eigenvalue weighted by Gasteiger charge is -2.33. The van der Waals surface area contributed by atoms with E-state index in [0.717, 1.165) is 17.9 Å². The summed E-state index contributed by atoms with van der Waals surface area (Å²) in [6.07, 6.45) is 1.73. The molecule has 1 saturated heterocycles. The summed E-state index contributed by atoms with van der Waals surface area (Å²) in [6, 6.07) is 3.92. The SMILES string of the molecule is C[C@@H](N)c1ccc(N2CCOC(CO)C2)cn1. The Morgan fingerprint density at radius 2 is 2.47 bits per heavy atom. The van der Waals surface area contributed by atoms with Crippen molar-refractivity contribution < 1.29 is 9.84 Å². The molecule has 0 bridgehead atoms. The molecular formula is C12H19N3O2. The first-order valence-electron chi connectivity index (χ1n) is 5.89. The van der Waals surface area contributed by atoms with Crippen LogP contribution in [-0.4, -0.2) is 42.5 Å². The van der Waals surface area contributed by atoms with Gasteiger partial charge in [-0.2, -0.15) is 0 Å². The third kappa shape index (κ3) is 2.94. The summed E-state index contributed by atoms with van der Waals surface area (Å²) >= 11 is 0. The van der Waals surface area contributed by atoms with Crippen LogP contribution in [0, 0.1) is 0 Å². The summed E-state index contributed by atoms with van der Waals surface area (Å²) in [7, 11) is 0. The maximum absolute atomic E-state index is 9.09. The van der Waals surface area contributed by atoms with Gasteiger partial charge in [0.05, 0.1) is 36.9 Å². The fraction of sp³-hybridized carbons (Fsp3) is 0.583. The van der Waals surface area contributed by atoms with E-state index < -0.39 is 0 Å². The van der Waals surface area contributed by atoms with Crippen LogP contribution in [0.25, 0.3) is 0 Å². The first kappa shape index (κ1) is 12.3. The molecule has 0 saturated carbocycles. The maximum atomic E-state index is 9.09. The summed E-state index contributed by atoms with van der Waals surface area (Å²) in [5.74, 6) is 0. The van der Waals surface area contributed by atoms with Crippen LogP contribution in [-0.2, 0) is 4.74 Å². The van der Waals surface area contributed by atoms with Crippen LogP contribution in [0.2, 0.25) is 0 Å². The van der Waals surface area contributed by atoms with Gasteiger partial charge >= 0.3 is 0 Å². The van der Waals surface area contributed by atoms with E-state index >= 15 is 0 Å². The number of pyridine rings is 1. The smallest absolute Gasteiger partial charge is 0.0980 e. The second-order valence-electron chi connectivity index (χ2n) is 4.35. The lowest BCUT2D eigenvalue weighted by Crippen LogP contribution is -2.44. The summed E-state index contributed by atoms with van der Waals surface area (Å²) in [5, 5.41) is 9.09. The minimum absolute atomic E-state index is 0.0427. The molecule has 1 aliphatic rings. The monoisotopic (exact) mass is 237 g/mol. The number of rotatable bonds is 3. The normalized spacial score (nSPS) is 22.5. The number of hydrogen-bond acceptors (Lipinski definition) is 5. The van der Waals surface area contributed by atoms with E-state index in [0.29, 0.717) is 13.2 Å². The van der Waals surface area contributed by atoms with Gasteiger partial charge in [-0.05, 0) is 19.1 Å². The molecule has 0 spiro atoms. The van der Waals surface area contributed by atoms with Crippen LogP contribution in [0.15, 0.2) is 18.3 Å². The molecule has 2 heterocycles. The zero-order valence-electron chi connectivity index (χ0n) is 10.0. The minimum atomic E-state index is -0.100. The first-order chi connectivity index (χ1) is 8.20. The number of anilines is 1. The highest BCUT2D eigenvalue weighted by molar-refractivity contribution is 5.45. The molecule has 3 N–H and O–H groups in total. The number of aliphatic hydroxyl groups is 1. The number of ether oxygens (including phenoxy) is 1. The Bertz CT molecular complexity index is 353. The standard InChI is InChI=1S/C12H19N3O2/c1-9(13)12-3-2-10(6-14-12)15-4-5-17-11(7-15)8-16/h2-3,6,9,11,16H,4-5,7-8,13H2,1H3/t9-,11?/m1/s1. The van der Waals surface area contributed by atoms with E-state index in [2.05, 4.69) is 9.88 Å². The van der Waals surface area contributed by atoms with Crippen LogP contribution in [0.3, 0.4) is 0 Å². The van der Waals surface area contributed by atoms with Crippen LogP contribution in [0.1, 0.15) is 18.7 Å². The molecule has 0 aliphatic carbocycles. The summed E-state index contributed by atoms with van der Waals surface area (Å²) in [5.41, 5.74) is 7.70. The second kappa shape index (κ2) is 5.44. The average Bonchev–Trinajstić information content (AvgIpc) is 2.39. The van der Waals surface area contributed by atoms with Crippen molar-refractivity contribution in [3.8, 4) is 0 Å². The van der Waals surface area contributed by atoms with Crippen molar-refractivity contribution >= 4 is 5.69 Å². The molecule has 1 unspecified atom stereocenters. The summed E-state index contributed by atoms with van der Waals surface area (Å²) in [4.78, 5) is 6.50. The molecule has 17 heavy (non-hydrogen) atoms. The van der Waals surface area contributed by atoms with E-state index in [9.17, 15) is 0 Å². The topological polar surface area (TPSA) is 71.6 Å². The van der Waals surface area contributed by atoms with Gasteiger partial charge in [0.2, 0.25) is 0 Å². The number of aliphatic hydroxyl groups excluding tert-OH is 1. The lowest BCUT2D eigenvalue weighted by atomic mass is 10.2. The third-order valence-corrected chi connectivity index (χ3v) is 2.94. The molecule has 1 aromatic rings. The quantitative estimate of drug-likeness (QED) is 0.791. The Balaban J connectivity index is 2.06. The summed E-state index contributed by atoms with van der Waals surface area (Å²) < 4.78 is 5.41. The number of morpholine rings is 1. The van der Waals surface area contributed by atoms with E-state index in [1.165, 1.54) is 0 Å². The Labute approximate surface area is 101 Å². The van der Waals surface area contributed by atoms with Gasteiger partial charge in [-0.3, -0.25) is 4.98 Å². The largest absolute Gasteiger partial charge is 0.394 e. The minimum Gasteiger partial charge on any atom is -0.394 e. The third-order valence-electron chi connectivity index (χ3n) is 2.94. The molecule has 0 radical (unpaired) electrons. The molecule has 0 aromatic carbocycles. The van der Waals surface area contributed by atoms with E-state index in [4.69, 9.17) is 15.6 Å². The van der Waals surface area contributed by atoms with E-state index in [1.807, 2.05) is 25.3 Å². The van der Waals surface area contributed by atoms with E-state index in [1.54, 1.807) is 0 Å². The van der Waals surface area contributed by atoms with E-state index in [-0.39, 0.29) is 18.8 Å². The molecule has 1 aliphatic heterocycles. The first-order valence-corrected chi connectivity index (χ1v) is 5.89. The van der Waals surface area contributed by atoms with Crippen molar-refractivity contribution in [2.45, 2.75) is 19.1 Å². The van der Waals surface area contributed by atoms with Gasteiger partial charge in [0.1, 0.15) is 0 Å². The number of nitrogens with zero attached hydrogens (tertiary/aromatic N) is 2. The number of hydrogen-bond donors (Lipinski definition) is 2. The highest BCUT2D eigenvalue weighted by atomic mass is 16.5. The van der Waals surface area contributed by atoms with Gasteiger partial charge in [0.15, 0.2) is 0 Å².